The van der Waals surface area contributed by atoms with Gasteiger partial charge in [0.1, 0.15) is 0 Å². The summed E-state index contributed by atoms with van der Waals surface area (Å²) in [5.41, 5.74) is 3.29. The average molecular weight is 302 g/mol. The van der Waals surface area contributed by atoms with Crippen molar-refractivity contribution in [3.63, 3.8) is 0 Å². The molecule has 0 saturated heterocycles. The summed E-state index contributed by atoms with van der Waals surface area (Å²) >= 11 is 1.71. The predicted octanol–water partition coefficient (Wildman–Crippen LogP) is 4.92. The molecule has 3 heteroatoms. The Bertz CT molecular complexity index is 966. The van der Waals surface area contributed by atoms with Gasteiger partial charge in [0.2, 0.25) is 0 Å². The van der Waals surface area contributed by atoms with Crippen molar-refractivity contribution >= 4 is 27.2 Å². The SMILES string of the molecule is c1ccc(N=c2sc3ccccc3n2-c2ccccc2)cc1. The maximum absolute atomic E-state index is 4.84. The van der Waals surface area contributed by atoms with Crippen LogP contribution in [0.2, 0.25) is 0 Å². The number of thiazole rings is 1. The lowest BCUT2D eigenvalue weighted by Crippen LogP contribution is -2.11. The summed E-state index contributed by atoms with van der Waals surface area (Å²) in [7, 11) is 0. The molecule has 0 N–H and O–H groups in total. The van der Waals surface area contributed by atoms with Gasteiger partial charge in [0, 0.05) is 5.69 Å². The molecule has 3 aromatic carbocycles. The van der Waals surface area contributed by atoms with Crippen molar-refractivity contribution < 1.29 is 0 Å². The highest BCUT2D eigenvalue weighted by molar-refractivity contribution is 7.16. The number of benzene rings is 3. The summed E-state index contributed by atoms with van der Waals surface area (Å²) in [5, 5.41) is 0. The largest absolute Gasteiger partial charge is 0.285 e. The zero-order valence-electron chi connectivity index (χ0n) is 11.9. The zero-order chi connectivity index (χ0) is 14.8. The normalized spacial score (nSPS) is 11.9. The standard InChI is InChI=1S/C19H14N2S/c1-3-9-15(10-4-1)20-19-21(16-11-5-2-6-12-16)17-13-7-8-14-18(17)22-19/h1-14H. The number of nitrogens with zero attached hydrogens (tertiary/aromatic N) is 2. The zero-order valence-corrected chi connectivity index (χ0v) is 12.7. The number of hydrogen-bond acceptors (Lipinski definition) is 2. The molecule has 0 aliphatic carbocycles. The van der Waals surface area contributed by atoms with Crippen molar-refractivity contribution in [2.24, 2.45) is 4.99 Å². The van der Waals surface area contributed by atoms with E-state index in [4.69, 9.17) is 4.99 Å². The molecular formula is C19H14N2S. The van der Waals surface area contributed by atoms with Gasteiger partial charge >= 0.3 is 0 Å². The van der Waals surface area contributed by atoms with Gasteiger partial charge in [-0.05, 0) is 36.4 Å². The summed E-state index contributed by atoms with van der Waals surface area (Å²) in [5.74, 6) is 0. The molecule has 0 bridgehead atoms. The fourth-order valence-corrected chi connectivity index (χ4v) is 3.54. The van der Waals surface area contributed by atoms with Crippen molar-refractivity contribution in [2.75, 3.05) is 0 Å². The van der Waals surface area contributed by atoms with Gasteiger partial charge in [0.15, 0.2) is 4.80 Å². The molecule has 0 radical (unpaired) electrons. The van der Waals surface area contributed by atoms with Crippen LogP contribution in [0.3, 0.4) is 0 Å². The Hall–Kier alpha value is -2.65. The molecule has 0 amide bonds. The van der Waals surface area contributed by atoms with Gasteiger partial charge in [-0.15, -0.1) is 0 Å². The molecule has 0 aliphatic rings. The van der Waals surface area contributed by atoms with Crippen LogP contribution in [0, 0.1) is 0 Å². The summed E-state index contributed by atoms with van der Waals surface area (Å²) in [6, 6.07) is 28.9. The molecule has 2 nitrogen and oxygen atoms in total. The van der Waals surface area contributed by atoms with Crippen molar-refractivity contribution in [3.05, 3.63) is 89.7 Å². The Labute approximate surface area is 132 Å². The summed E-state index contributed by atoms with van der Waals surface area (Å²) in [6.07, 6.45) is 0. The Morgan fingerprint density at radius 3 is 2.09 bits per heavy atom. The second kappa shape index (κ2) is 5.62. The van der Waals surface area contributed by atoms with Crippen LogP contribution in [0.4, 0.5) is 5.69 Å². The Balaban J connectivity index is 2.05. The third-order valence-corrected chi connectivity index (χ3v) is 4.52. The molecule has 1 aromatic heterocycles. The highest BCUT2D eigenvalue weighted by Gasteiger charge is 2.07. The Morgan fingerprint density at radius 1 is 0.682 bits per heavy atom. The maximum atomic E-state index is 4.84. The topological polar surface area (TPSA) is 17.3 Å². The monoisotopic (exact) mass is 302 g/mol. The van der Waals surface area contributed by atoms with Gasteiger partial charge in [-0.3, -0.25) is 4.57 Å². The summed E-state index contributed by atoms with van der Waals surface area (Å²) in [4.78, 5) is 5.82. The molecule has 22 heavy (non-hydrogen) atoms. The van der Waals surface area contributed by atoms with E-state index in [1.807, 2.05) is 36.4 Å². The molecule has 4 rings (SSSR count). The number of para-hydroxylation sites is 3. The van der Waals surface area contributed by atoms with E-state index in [9.17, 15) is 0 Å². The van der Waals surface area contributed by atoms with Gasteiger partial charge in [0.05, 0.1) is 15.9 Å². The molecule has 1 heterocycles. The summed E-state index contributed by atoms with van der Waals surface area (Å²) in [6.45, 7) is 0. The lowest BCUT2D eigenvalue weighted by molar-refractivity contribution is 1.05. The van der Waals surface area contributed by atoms with E-state index >= 15 is 0 Å². The van der Waals surface area contributed by atoms with Crippen LogP contribution in [-0.2, 0) is 0 Å². The first-order chi connectivity index (χ1) is 10.9. The lowest BCUT2D eigenvalue weighted by atomic mass is 10.3. The van der Waals surface area contributed by atoms with Gasteiger partial charge in [-0.2, -0.15) is 0 Å². The van der Waals surface area contributed by atoms with Crippen LogP contribution in [0.1, 0.15) is 0 Å². The number of hydrogen-bond donors (Lipinski definition) is 0. The molecule has 0 saturated carbocycles. The van der Waals surface area contributed by atoms with E-state index in [0.717, 1.165) is 16.2 Å². The van der Waals surface area contributed by atoms with Crippen LogP contribution in [-0.4, -0.2) is 4.57 Å². The second-order valence-electron chi connectivity index (χ2n) is 4.97. The molecule has 0 atom stereocenters. The minimum absolute atomic E-state index is 0.971. The molecule has 106 valence electrons. The number of rotatable bonds is 2. The van der Waals surface area contributed by atoms with Crippen LogP contribution in [0.5, 0.6) is 0 Å². The van der Waals surface area contributed by atoms with Crippen molar-refractivity contribution in [3.8, 4) is 5.69 Å². The van der Waals surface area contributed by atoms with Crippen LogP contribution in [0.15, 0.2) is 89.9 Å². The first-order valence-corrected chi connectivity index (χ1v) is 7.99. The van der Waals surface area contributed by atoms with E-state index in [1.165, 1.54) is 10.2 Å². The van der Waals surface area contributed by atoms with Gasteiger partial charge in [-0.25, -0.2) is 4.99 Å². The highest BCUT2D eigenvalue weighted by Crippen LogP contribution is 2.21. The predicted molar refractivity (Wildman–Crippen MR) is 92.8 cm³/mol. The van der Waals surface area contributed by atoms with Crippen molar-refractivity contribution in [1.29, 1.82) is 0 Å². The average Bonchev–Trinajstić information content (AvgIpc) is 2.94. The minimum atomic E-state index is 0.971. The first kappa shape index (κ1) is 13.0. The second-order valence-corrected chi connectivity index (χ2v) is 5.98. The Morgan fingerprint density at radius 2 is 1.32 bits per heavy atom. The fraction of sp³-hybridized carbons (Fsp3) is 0. The van der Waals surface area contributed by atoms with E-state index in [0.29, 0.717) is 0 Å². The minimum Gasteiger partial charge on any atom is -0.285 e. The molecule has 0 spiro atoms. The van der Waals surface area contributed by atoms with Crippen molar-refractivity contribution in [1.82, 2.24) is 4.57 Å². The van der Waals surface area contributed by atoms with E-state index in [-0.39, 0.29) is 0 Å². The number of aromatic nitrogens is 1. The first-order valence-electron chi connectivity index (χ1n) is 7.17. The third-order valence-electron chi connectivity index (χ3n) is 3.49. The van der Waals surface area contributed by atoms with Crippen LogP contribution >= 0.6 is 11.3 Å². The van der Waals surface area contributed by atoms with Gasteiger partial charge < -0.3 is 0 Å². The molecule has 0 unspecified atom stereocenters. The molecule has 4 aromatic rings. The smallest absolute Gasteiger partial charge is 0.195 e. The van der Waals surface area contributed by atoms with Crippen molar-refractivity contribution in [2.45, 2.75) is 0 Å². The lowest BCUT2D eigenvalue weighted by Gasteiger charge is -2.04. The molecule has 0 fully saturated rings. The maximum Gasteiger partial charge on any atom is 0.195 e. The van der Waals surface area contributed by atoms with Crippen LogP contribution < -0.4 is 4.80 Å². The van der Waals surface area contributed by atoms with E-state index in [2.05, 4.69) is 53.1 Å². The van der Waals surface area contributed by atoms with E-state index in [1.54, 1.807) is 11.3 Å². The fourth-order valence-electron chi connectivity index (χ4n) is 2.49. The number of fused-ring (bicyclic) bond motifs is 1. The highest BCUT2D eigenvalue weighted by atomic mass is 32.1. The molecular weight excluding hydrogens is 288 g/mol. The van der Waals surface area contributed by atoms with Gasteiger partial charge in [0.25, 0.3) is 0 Å². The molecule has 0 aliphatic heterocycles. The van der Waals surface area contributed by atoms with Gasteiger partial charge in [-0.1, -0.05) is 59.9 Å². The summed E-state index contributed by atoms with van der Waals surface area (Å²) < 4.78 is 3.45. The third kappa shape index (κ3) is 2.36. The van der Waals surface area contributed by atoms with E-state index < -0.39 is 0 Å². The Kier molecular flexibility index (Phi) is 3.33. The quantitative estimate of drug-likeness (QED) is 0.500. The van der Waals surface area contributed by atoms with Crippen LogP contribution in [0.25, 0.3) is 15.9 Å².